The van der Waals surface area contributed by atoms with E-state index in [1.807, 2.05) is 12.1 Å². The number of hydrogen-bond acceptors (Lipinski definition) is 4. The SMILES string of the molecule is CCc1ccc(Nc2nc(N)ncc2Cl)cc1. The summed E-state index contributed by atoms with van der Waals surface area (Å²) in [6.07, 6.45) is 2.49. The summed E-state index contributed by atoms with van der Waals surface area (Å²) < 4.78 is 0. The predicted molar refractivity (Wildman–Crippen MR) is 70.6 cm³/mol. The van der Waals surface area contributed by atoms with E-state index in [0.717, 1.165) is 12.1 Å². The Labute approximate surface area is 105 Å². The fraction of sp³-hybridized carbons (Fsp3) is 0.167. The average Bonchev–Trinajstić information content (AvgIpc) is 2.35. The van der Waals surface area contributed by atoms with Crippen LogP contribution in [-0.4, -0.2) is 9.97 Å². The second kappa shape index (κ2) is 5.01. The van der Waals surface area contributed by atoms with Gasteiger partial charge in [-0.2, -0.15) is 4.98 Å². The van der Waals surface area contributed by atoms with Crippen LogP contribution in [0.2, 0.25) is 5.02 Å². The van der Waals surface area contributed by atoms with E-state index in [0.29, 0.717) is 10.8 Å². The third kappa shape index (κ3) is 2.85. The van der Waals surface area contributed by atoms with Crippen molar-refractivity contribution in [2.24, 2.45) is 0 Å². The van der Waals surface area contributed by atoms with Crippen molar-refractivity contribution >= 4 is 29.1 Å². The maximum atomic E-state index is 5.96. The highest BCUT2D eigenvalue weighted by atomic mass is 35.5. The van der Waals surface area contributed by atoms with Crippen molar-refractivity contribution in [2.45, 2.75) is 13.3 Å². The summed E-state index contributed by atoms with van der Waals surface area (Å²) in [5.41, 5.74) is 7.71. The van der Waals surface area contributed by atoms with Gasteiger partial charge in [0.15, 0.2) is 5.82 Å². The minimum atomic E-state index is 0.196. The Hall–Kier alpha value is -1.81. The van der Waals surface area contributed by atoms with E-state index in [4.69, 9.17) is 17.3 Å². The largest absolute Gasteiger partial charge is 0.368 e. The molecule has 0 saturated carbocycles. The number of halogens is 1. The first kappa shape index (κ1) is 11.7. The Balaban J connectivity index is 2.22. The van der Waals surface area contributed by atoms with Crippen molar-refractivity contribution in [3.8, 4) is 0 Å². The van der Waals surface area contributed by atoms with Crippen molar-refractivity contribution in [1.82, 2.24) is 9.97 Å². The quantitative estimate of drug-likeness (QED) is 0.876. The number of nitrogen functional groups attached to an aromatic ring is 1. The second-order valence-corrected chi connectivity index (χ2v) is 4.01. The lowest BCUT2D eigenvalue weighted by Crippen LogP contribution is -2.00. The smallest absolute Gasteiger partial charge is 0.222 e. The van der Waals surface area contributed by atoms with Gasteiger partial charge in [-0.15, -0.1) is 0 Å². The number of hydrogen-bond donors (Lipinski definition) is 2. The third-order valence-corrected chi connectivity index (χ3v) is 2.66. The van der Waals surface area contributed by atoms with E-state index in [9.17, 15) is 0 Å². The summed E-state index contributed by atoms with van der Waals surface area (Å²) in [5, 5.41) is 3.54. The first-order valence-electron chi connectivity index (χ1n) is 5.33. The molecule has 0 aliphatic heterocycles. The topological polar surface area (TPSA) is 63.8 Å². The van der Waals surface area contributed by atoms with Crippen LogP contribution in [0.4, 0.5) is 17.5 Å². The van der Waals surface area contributed by atoms with Crippen LogP contribution in [0.5, 0.6) is 0 Å². The van der Waals surface area contributed by atoms with Gasteiger partial charge >= 0.3 is 0 Å². The molecule has 2 aromatic rings. The molecule has 1 aromatic heterocycles. The molecule has 0 aliphatic carbocycles. The van der Waals surface area contributed by atoms with Crippen LogP contribution in [0.15, 0.2) is 30.5 Å². The van der Waals surface area contributed by atoms with Crippen LogP contribution in [-0.2, 0) is 6.42 Å². The normalized spacial score (nSPS) is 10.2. The monoisotopic (exact) mass is 248 g/mol. The molecular formula is C12H13ClN4. The van der Waals surface area contributed by atoms with E-state index in [1.54, 1.807) is 0 Å². The number of aromatic nitrogens is 2. The summed E-state index contributed by atoms with van der Waals surface area (Å²) in [5.74, 6) is 0.713. The molecule has 1 heterocycles. The molecular weight excluding hydrogens is 236 g/mol. The Bertz CT molecular complexity index is 510. The summed E-state index contributed by atoms with van der Waals surface area (Å²) >= 11 is 5.96. The van der Waals surface area contributed by atoms with Gasteiger partial charge in [0.1, 0.15) is 5.02 Å². The number of nitrogens with zero attached hydrogens (tertiary/aromatic N) is 2. The fourth-order valence-corrected chi connectivity index (χ4v) is 1.57. The molecule has 0 spiro atoms. The molecule has 0 atom stereocenters. The molecule has 5 heteroatoms. The highest BCUT2D eigenvalue weighted by molar-refractivity contribution is 6.32. The van der Waals surface area contributed by atoms with E-state index in [1.165, 1.54) is 11.8 Å². The third-order valence-electron chi connectivity index (χ3n) is 2.39. The molecule has 0 saturated heterocycles. The standard InChI is InChI=1S/C12H13ClN4/c1-2-8-3-5-9(6-4-8)16-11-10(13)7-15-12(14)17-11/h3-7H,2H2,1H3,(H3,14,15,16,17). The molecule has 2 rings (SSSR count). The van der Waals surface area contributed by atoms with E-state index >= 15 is 0 Å². The number of anilines is 3. The van der Waals surface area contributed by atoms with Crippen molar-refractivity contribution in [2.75, 3.05) is 11.1 Å². The predicted octanol–water partition coefficient (Wildman–Crippen LogP) is 3.02. The zero-order valence-electron chi connectivity index (χ0n) is 9.44. The second-order valence-electron chi connectivity index (χ2n) is 3.60. The zero-order chi connectivity index (χ0) is 12.3. The van der Waals surface area contributed by atoms with Gasteiger partial charge < -0.3 is 11.1 Å². The van der Waals surface area contributed by atoms with Crippen LogP contribution < -0.4 is 11.1 Å². The Morgan fingerprint density at radius 2 is 2.00 bits per heavy atom. The van der Waals surface area contributed by atoms with Gasteiger partial charge in [-0.05, 0) is 24.1 Å². The molecule has 17 heavy (non-hydrogen) atoms. The molecule has 88 valence electrons. The first-order valence-corrected chi connectivity index (χ1v) is 5.71. The van der Waals surface area contributed by atoms with Gasteiger partial charge in [0.2, 0.25) is 5.95 Å². The number of nitrogens with one attached hydrogen (secondary N) is 1. The van der Waals surface area contributed by atoms with Crippen molar-refractivity contribution in [1.29, 1.82) is 0 Å². The minimum absolute atomic E-state index is 0.196. The lowest BCUT2D eigenvalue weighted by atomic mass is 10.1. The van der Waals surface area contributed by atoms with E-state index in [2.05, 4.69) is 34.3 Å². The van der Waals surface area contributed by atoms with Gasteiger partial charge in [0.25, 0.3) is 0 Å². The molecule has 1 aromatic carbocycles. The van der Waals surface area contributed by atoms with E-state index < -0.39 is 0 Å². The zero-order valence-corrected chi connectivity index (χ0v) is 10.2. The maximum absolute atomic E-state index is 5.96. The number of rotatable bonds is 3. The molecule has 0 fully saturated rings. The van der Waals surface area contributed by atoms with E-state index in [-0.39, 0.29) is 5.95 Å². The number of benzene rings is 1. The van der Waals surface area contributed by atoms with Crippen molar-refractivity contribution < 1.29 is 0 Å². The summed E-state index contributed by atoms with van der Waals surface area (Å²) in [6, 6.07) is 8.07. The van der Waals surface area contributed by atoms with Crippen LogP contribution in [0.25, 0.3) is 0 Å². The lowest BCUT2D eigenvalue weighted by Gasteiger charge is -2.08. The Morgan fingerprint density at radius 1 is 1.29 bits per heavy atom. The molecule has 4 nitrogen and oxygen atoms in total. The molecule has 3 N–H and O–H groups in total. The lowest BCUT2D eigenvalue weighted by molar-refractivity contribution is 1.14. The highest BCUT2D eigenvalue weighted by Gasteiger charge is 2.03. The van der Waals surface area contributed by atoms with Gasteiger partial charge in [-0.25, -0.2) is 4.98 Å². The van der Waals surface area contributed by atoms with Crippen LogP contribution >= 0.6 is 11.6 Å². The number of nitrogens with two attached hydrogens (primary N) is 1. The average molecular weight is 249 g/mol. The van der Waals surface area contributed by atoms with Crippen LogP contribution in [0, 0.1) is 0 Å². The van der Waals surface area contributed by atoms with Crippen molar-refractivity contribution in [3.05, 3.63) is 41.0 Å². The number of aryl methyl sites for hydroxylation is 1. The maximum Gasteiger partial charge on any atom is 0.222 e. The van der Waals surface area contributed by atoms with Crippen LogP contribution in [0.1, 0.15) is 12.5 Å². The minimum Gasteiger partial charge on any atom is -0.368 e. The van der Waals surface area contributed by atoms with Gasteiger partial charge in [-0.1, -0.05) is 30.7 Å². The fourth-order valence-electron chi connectivity index (χ4n) is 1.43. The van der Waals surface area contributed by atoms with Crippen LogP contribution in [0.3, 0.4) is 0 Å². The van der Waals surface area contributed by atoms with Gasteiger partial charge in [0.05, 0.1) is 6.20 Å². The van der Waals surface area contributed by atoms with Crippen molar-refractivity contribution in [3.63, 3.8) is 0 Å². The molecule has 0 radical (unpaired) electrons. The molecule has 0 unspecified atom stereocenters. The first-order chi connectivity index (χ1) is 8.19. The summed E-state index contributed by atoms with van der Waals surface area (Å²) in [4.78, 5) is 7.84. The summed E-state index contributed by atoms with van der Waals surface area (Å²) in [7, 11) is 0. The Morgan fingerprint density at radius 3 is 2.65 bits per heavy atom. The molecule has 0 aliphatic rings. The molecule has 0 amide bonds. The molecule has 0 bridgehead atoms. The summed E-state index contributed by atoms with van der Waals surface area (Å²) in [6.45, 7) is 2.12. The Kier molecular flexibility index (Phi) is 3.44. The van der Waals surface area contributed by atoms with Gasteiger partial charge in [0, 0.05) is 5.69 Å². The highest BCUT2D eigenvalue weighted by Crippen LogP contribution is 2.23. The van der Waals surface area contributed by atoms with Gasteiger partial charge in [-0.3, -0.25) is 0 Å².